The Bertz CT molecular complexity index is 1120. The molecule has 0 bridgehead atoms. The lowest BCUT2D eigenvalue weighted by atomic mass is 9.96. The zero-order valence-corrected chi connectivity index (χ0v) is 27.0. The van der Waals surface area contributed by atoms with Crippen LogP contribution in [-0.4, -0.2) is 69.2 Å². The van der Waals surface area contributed by atoms with Crippen molar-refractivity contribution in [2.75, 3.05) is 34.2 Å². The number of benzene rings is 2. The van der Waals surface area contributed by atoms with Crippen LogP contribution in [0.2, 0.25) is 0 Å². The van der Waals surface area contributed by atoms with Crippen LogP contribution in [0.3, 0.4) is 0 Å². The fourth-order valence-corrected chi connectivity index (χ4v) is 5.24. The van der Waals surface area contributed by atoms with Gasteiger partial charge in [-0.3, -0.25) is 4.79 Å². The van der Waals surface area contributed by atoms with E-state index in [9.17, 15) is 9.59 Å². The van der Waals surface area contributed by atoms with E-state index >= 15 is 0 Å². The predicted octanol–water partition coefficient (Wildman–Crippen LogP) is 6.51. The topological polar surface area (TPSA) is 83.5 Å². The Hall–Kier alpha value is -3.20. The van der Waals surface area contributed by atoms with Crippen LogP contribution >= 0.6 is 0 Å². The Morgan fingerprint density at radius 2 is 1.75 bits per heavy atom. The zero-order valence-electron chi connectivity index (χ0n) is 27.0. The molecule has 44 heavy (non-hydrogen) atoms. The van der Waals surface area contributed by atoms with Gasteiger partial charge in [0.25, 0.3) is 0 Å². The van der Waals surface area contributed by atoms with E-state index in [2.05, 4.69) is 19.9 Å². The Balaban J connectivity index is 1.65. The zero-order chi connectivity index (χ0) is 31.6. The third-order valence-electron chi connectivity index (χ3n) is 7.91. The molecule has 0 saturated heterocycles. The third-order valence-corrected chi connectivity index (χ3v) is 7.91. The summed E-state index contributed by atoms with van der Waals surface area (Å²) in [7, 11) is 3.29. The number of carbonyl (C=O) groups excluding carboxylic acids is 2. The SMILES string of the molecule is CCC[C@@H](C[C@@H]1CC[C@@H](C)C/C=C/CC(=O)N(C)[C@@H](Cc2ccc(OCCOCc3ccccc3)cc2)C(=O)O1)OCOC. The van der Waals surface area contributed by atoms with E-state index in [0.29, 0.717) is 38.6 Å². The lowest BCUT2D eigenvalue weighted by molar-refractivity contribution is -0.162. The van der Waals surface area contributed by atoms with Crippen molar-refractivity contribution in [2.24, 2.45) is 5.92 Å². The van der Waals surface area contributed by atoms with Crippen molar-refractivity contribution >= 4 is 11.9 Å². The number of carbonyl (C=O) groups is 2. The molecule has 2 aromatic carbocycles. The van der Waals surface area contributed by atoms with Crippen LogP contribution in [0.25, 0.3) is 0 Å². The maximum Gasteiger partial charge on any atom is 0.329 e. The molecule has 8 nitrogen and oxygen atoms in total. The lowest BCUT2D eigenvalue weighted by Gasteiger charge is -2.30. The van der Waals surface area contributed by atoms with Gasteiger partial charge in [-0.25, -0.2) is 4.79 Å². The Kier molecular flexibility index (Phi) is 16.0. The van der Waals surface area contributed by atoms with E-state index in [1.807, 2.05) is 60.7 Å². The van der Waals surface area contributed by atoms with Gasteiger partial charge in [-0.1, -0.05) is 74.9 Å². The molecule has 2 aromatic rings. The third kappa shape index (κ3) is 12.8. The summed E-state index contributed by atoms with van der Waals surface area (Å²) in [5.74, 6) is 0.628. The van der Waals surface area contributed by atoms with E-state index in [1.54, 1.807) is 14.2 Å². The number of methoxy groups -OCH3 is 1. The number of hydrogen-bond acceptors (Lipinski definition) is 7. The van der Waals surface area contributed by atoms with E-state index in [-0.39, 0.29) is 37.3 Å². The van der Waals surface area contributed by atoms with Gasteiger partial charge in [-0.05, 0) is 54.9 Å². The highest BCUT2D eigenvalue weighted by molar-refractivity contribution is 5.85. The molecule has 0 saturated carbocycles. The molecule has 0 aromatic heterocycles. The average Bonchev–Trinajstić information content (AvgIpc) is 3.04. The molecule has 0 fully saturated rings. The molecular weight excluding hydrogens is 558 g/mol. The van der Waals surface area contributed by atoms with Crippen molar-refractivity contribution in [3.05, 3.63) is 77.9 Å². The van der Waals surface area contributed by atoms with E-state index < -0.39 is 6.04 Å². The molecule has 4 atom stereocenters. The molecule has 0 radical (unpaired) electrons. The molecule has 0 unspecified atom stereocenters. The molecule has 3 rings (SSSR count). The largest absolute Gasteiger partial charge is 0.491 e. The molecule has 0 spiro atoms. The summed E-state index contributed by atoms with van der Waals surface area (Å²) in [5, 5.41) is 0. The van der Waals surface area contributed by atoms with Gasteiger partial charge in [0.05, 0.1) is 19.3 Å². The second-order valence-corrected chi connectivity index (χ2v) is 11.6. The fourth-order valence-electron chi connectivity index (χ4n) is 5.24. The van der Waals surface area contributed by atoms with Crippen molar-refractivity contribution in [1.82, 2.24) is 4.90 Å². The second-order valence-electron chi connectivity index (χ2n) is 11.6. The first-order valence-corrected chi connectivity index (χ1v) is 15.9. The number of ether oxygens (including phenoxy) is 5. The number of likely N-dealkylation sites (N-methyl/N-ethyl adjacent to an activating group) is 1. The number of nitrogens with zero attached hydrogens (tertiary/aromatic N) is 1. The maximum absolute atomic E-state index is 13.8. The van der Waals surface area contributed by atoms with Gasteiger partial charge in [0.15, 0.2) is 0 Å². The molecule has 242 valence electrons. The van der Waals surface area contributed by atoms with Gasteiger partial charge < -0.3 is 28.6 Å². The van der Waals surface area contributed by atoms with Crippen molar-refractivity contribution in [3.63, 3.8) is 0 Å². The molecule has 0 N–H and O–H groups in total. The van der Waals surface area contributed by atoms with E-state index in [1.165, 1.54) is 4.90 Å². The van der Waals surface area contributed by atoms with Crippen LogP contribution in [0.5, 0.6) is 5.75 Å². The van der Waals surface area contributed by atoms with Gasteiger partial charge in [-0.2, -0.15) is 0 Å². The van der Waals surface area contributed by atoms with Crippen molar-refractivity contribution in [2.45, 2.75) is 90.1 Å². The summed E-state index contributed by atoms with van der Waals surface area (Å²) < 4.78 is 28.8. The predicted molar refractivity (Wildman–Crippen MR) is 171 cm³/mol. The first-order valence-electron chi connectivity index (χ1n) is 15.9. The molecule has 1 amide bonds. The molecule has 8 heteroatoms. The van der Waals surface area contributed by atoms with Crippen LogP contribution in [0.15, 0.2) is 66.7 Å². The van der Waals surface area contributed by atoms with Gasteiger partial charge in [-0.15, -0.1) is 0 Å². The van der Waals surface area contributed by atoms with Crippen LogP contribution in [0, 0.1) is 5.92 Å². The Morgan fingerprint density at radius 3 is 2.48 bits per heavy atom. The normalized spacial score (nSPS) is 21.5. The summed E-state index contributed by atoms with van der Waals surface area (Å²) in [6, 6.07) is 16.9. The van der Waals surface area contributed by atoms with Gasteiger partial charge in [0, 0.05) is 33.4 Å². The van der Waals surface area contributed by atoms with Crippen LogP contribution < -0.4 is 4.74 Å². The van der Waals surface area contributed by atoms with Gasteiger partial charge in [0.1, 0.15) is 31.3 Å². The van der Waals surface area contributed by atoms with E-state index in [4.69, 9.17) is 23.7 Å². The first-order chi connectivity index (χ1) is 21.4. The van der Waals surface area contributed by atoms with Gasteiger partial charge in [0.2, 0.25) is 5.91 Å². The fraction of sp³-hybridized carbons (Fsp3) is 0.556. The maximum atomic E-state index is 13.8. The first kappa shape index (κ1) is 35.3. The van der Waals surface area contributed by atoms with E-state index in [0.717, 1.165) is 49.0 Å². The molecule has 1 aliphatic rings. The highest BCUT2D eigenvalue weighted by Crippen LogP contribution is 2.23. The van der Waals surface area contributed by atoms with Crippen molar-refractivity contribution in [1.29, 1.82) is 0 Å². The summed E-state index contributed by atoms with van der Waals surface area (Å²) in [6.07, 6.45) is 9.14. The number of allylic oxidation sites excluding steroid dienone is 1. The minimum Gasteiger partial charge on any atom is -0.491 e. The lowest BCUT2D eigenvalue weighted by Crippen LogP contribution is -2.46. The molecule has 1 aliphatic heterocycles. The van der Waals surface area contributed by atoms with Crippen LogP contribution in [0.4, 0.5) is 0 Å². The number of amides is 1. The standard InChI is InChI=1S/C36H51NO7/c1-5-11-32(43-27-40-4)25-33-19-16-28(2)12-9-10-15-35(38)37(3)34(36(39)44-33)24-29-17-20-31(21-18-29)42-23-22-41-26-30-13-7-6-8-14-30/h6-10,13-14,17-18,20-21,28,32-34H,5,11-12,15-16,19,22-27H2,1-4H3/b10-9+/t28-,32-,33-,34-/m0/s1. The summed E-state index contributed by atoms with van der Waals surface area (Å²) >= 11 is 0. The Labute approximate surface area is 263 Å². The molecular formula is C36H51NO7. The Morgan fingerprint density at radius 1 is 0.977 bits per heavy atom. The molecule has 1 heterocycles. The smallest absolute Gasteiger partial charge is 0.329 e. The highest BCUT2D eigenvalue weighted by Gasteiger charge is 2.31. The summed E-state index contributed by atoms with van der Waals surface area (Å²) in [4.78, 5) is 28.4. The van der Waals surface area contributed by atoms with Crippen molar-refractivity contribution in [3.8, 4) is 5.75 Å². The highest BCUT2D eigenvalue weighted by atomic mass is 16.7. The quantitative estimate of drug-likeness (QED) is 0.0985. The summed E-state index contributed by atoms with van der Waals surface area (Å²) in [6.45, 7) is 5.95. The molecule has 0 aliphatic carbocycles. The minimum absolute atomic E-state index is 0.0715. The number of cyclic esters (lactones) is 1. The number of esters is 1. The number of hydrogen-bond donors (Lipinski definition) is 0. The average molecular weight is 610 g/mol. The summed E-state index contributed by atoms with van der Waals surface area (Å²) in [5.41, 5.74) is 2.04. The van der Waals surface area contributed by atoms with Crippen molar-refractivity contribution < 1.29 is 33.3 Å². The second kappa shape index (κ2) is 20.0. The minimum atomic E-state index is -0.751. The monoisotopic (exact) mass is 609 g/mol. The van der Waals surface area contributed by atoms with Crippen LogP contribution in [-0.2, 0) is 41.6 Å². The van der Waals surface area contributed by atoms with Crippen LogP contribution in [0.1, 0.15) is 69.9 Å². The van der Waals surface area contributed by atoms with Gasteiger partial charge >= 0.3 is 5.97 Å². The number of rotatable bonds is 15.